The van der Waals surface area contributed by atoms with Gasteiger partial charge in [0.1, 0.15) is 5.75 Å². The van der Waals surface area contributed by atoms with Gasteiger partial charge < -0.3 is 24.2 Å². The Morgan fingerprint density at radius 3 is 2.57 bits per heavy atom. The third-order valence-corrected chi connectivity index (χ3v) is 12.4. The monoisotopic (exact) mass is 679 g/mol. The molecule has 1 heterocycles. The summed E-state index contributed by atoms with van der Waals surface area (Å²) in [7, 11) is -1.49. The molecule has 0 bridgehead atoms. The number of alkyl halides is 5. The van der Waals surface area contributed by atoms with Crippen LogP contribution in [0.25, 0.3) is 0 Å². The van der Waals surface area contributed by atoms with Gasteiger partial charge in [-0.15, -0.1) is 0 Å². The lowest BCUT2D eigenvalue weighted by atomic mass is 9.52. The Hall–Kier alpha value is -1.83. The first-order valence-corrected chi connectivity index (χ1v) is 18.0. The van der Waals surface area contributed by atoms with Crippen LogP contribution in [-0.2, 0) is 26.7 Å². The molecule has 0 radical (unpaired) electrons. The highest BCUT2D eigenvalue weighted by Crippen LogP contribution is 2.63. The van der Waals surface area contributed by atoms with Crippen LogP contribution in [-0.4, -0.2) is 89.5 Å². The molecule has 1 aliphatic heterocycles. The number of morpholine rings is 1. The van der Waals surface area contributed by atoms with Crippen LogP contribution in [0.5, 0.6) is 5.75 Å². The van der Waals surface area contributed by atoms with Crippen LogP contribution in [0, 0.1) is 23.2 Å². The molecule has 1 saturated heterocycles. The second-order valence-electron chi connectivity index (χ2n) is 13.6. The number of amides is 1. The summed E-state index contributed by atoms with van der Waals surface area (Å²) in [6, 6.07) is 5.93. The summed E-state index contributed by atoms with van der Waals surface area (Å²) in [6.45, 7) is 4.48. The van der Waals surface area contributed by atoms with E-state index in [1.807, 2.05) is 12.1 Å². The number of fused-ring (bicyclic) bond motifs is 5. The number of benzene rings is 1. The van der Waals surface area contributed by atoms with Crippen LogP contribution in [0.1, 0.15) is 75.3 Å². The van der Waals surface area contributed by atoms with Crippen molar-refractivity contribution < 1.29 is 50.3 Å². The zero-order chi connectivity index (χ0) is 33.1. The Balaban J connectivity index is 1.28. The highest BCUT2D eigenvalue weighted by atomic mass is 32.2. The largest absolute Gasteiger partial charge is 0.453 e. The zero-order valence-electron chi connectivity index (χ0n) is 26.4. The molecule has 260 valence electrons. The molecule has 0 spiro atoms. The highest BCUT2D eigenvalue weighted by Gasteiger charge is 2.58. The van der Waals surface area contributed by atoms with Gasteiger partial charge in [0.05, 0.1) is 32.5 Å². The lowest BCUT2D eigenvalue weighted by molar-refractivity contribution is -0.284. The SMILES string of the molecule is C[C@]12CC[C@@H]3c4ccc(OC(=O)N5CCOCC5)cc4C[C@@H](CCCS(=O)CCCC(F)(F)C(F)(F)F)[C@H]3[C@@H]1CC[C@@H]2OCCO. The maximum absolute atomic E-state index is 13.3. The Morgan fingerprint density at radius 1 is 1.11 bits per heavy atom. The summed E-state index contributed by atoms with van der Waals surface area (Å²) in [6.07, 6.45) is -1.79. The van der Waals surface area contributed by atoms with Crippen molar-refractivity contribution in [3.05, 3.63) is 29.3 Å². The first kappa shape index (κ1) is 35.5. The summed E-state index contributed by atoms with van der Waals surface area (Å²) in [4.78, 5) is 14.4. The number of aliphatic hydroxyl groups excluding tert-OH is 1. The molecule has 3 fully saturated rings. The molecule has 46 heavy (non-hydrogen) atoms. The van der Waals surface area contributed by atoms with Crippen LogP contribution in [0.15, 0.2) is 18.2 Å². The van der Waals surface area contributed by atoms with Crippen LogP contribution >= 0.6 is 0 Å². The zero-order valence-corrected chi connectivity index (χ0v) is 27.2. The van der Waals surface area contributed by atoms with Crippen molar-refractivity contribution in [1.29, 1.82) is 0 Å². The summed E-state index contributed by atoms with van der Waals surface area (Å²) in [5.41, 5.74) is 2.36. The Bertz CT molecular complexity index is 1230. The number of hydrogen-bond donors (Lipinski definition) is 1. The molecule has 0 aromatic heterocycles. The Labute approximate surface area is 270 Å². The van der Waals surface area contributed by atoms with E-state index in [2.05, 4.69) is 13.0 Å². The van der Waals surface area contributed by atoms with E-state index in [0.29, 0.717) is 62.8 Å². The normalized spacial score (nSPS) is 30.3. The molecule has 1 aromatic rings. The molecule has 1 unspecified atom stereocenters. The van der Waals surface area contributed by atoms with Gasteiger partial charge in [-0.05, 0) is 104 Å². The number of carbonyl (C=O) groups is 1. The van der Waals surface area contributed by atoms with Gasteiger partial charge in [0.25, 0.3) is 0 Å². The quantitative estimate of drug-likeness (QED) is 0.255. The van der Waals surface area contributed by atoms with Crippen LogP contribution in [0.2, 0.25) is 0 Å². The summed E-state index contributed by atoms with van der Waals surface area (Å²) < 4.78 is 94.0. The highest BCUT2D eigenvalue weighted by molar-refractivity contribution is 7.84. The average molecular weight is 680 g/mol. The van der Waals surface area contributed by atoms with Crippen molar-refractivity contribution in [3.8, 4) is 5.75 Å². The van der Waals surface area contributed by atoms with E-state index in [1.165, 1.54) is 5.56 Å². The fourth-order valence-electron chi connectivity index (χ4n) is 8.65. The van der Waals surface area contributed by atoms with Crippen LogP contribution in [0.4, 0.5) is 26.7 Å². The standard InChI is InChI=1S/C33H46F5NO6S/c1-31-11-9-26-25-6-5-24(45-30(41)39-12-15-43-16-13-39)21-23(25)20-22(29(26)27(31)7-8-28(31)44-17-14-40)4-2-18-46(42)19-3-10-32(34,35)33(36,37)38/h5-6,21-22,26-29,40H,2-4,7-20H2,1H3/t22-,26-,27+,28+,29-,31+,46?/m1/s1. The first-order chi connectivity index (χ1) is 21.8. The molecule has 1 amide bonds. The minimum absolute atomic E-state index is 0.0251. The third kappa shape index (κ3) is 7.73. The minimum atomic E-state index is -5.60. The summed E-state index contributed by atoms with van der Waals surface area (Å²) >= 11 is 0. The van der Waals surface area contributed by atoms with Crippen LogP contribution in [0.3, 0.4) is 0 Å². The van der Waals surface area contributed by atoms with Gasteiger partial charge in [-0.3, -0.25) is 4.21 Å². The molecule has 4 aliphatic rings. The fourth-order valence-corrected chi connectivity index (χ4v) is 9.81. The van der Waals surface area contributed by atoms with E-state index in [0.717, 1.165) is 44.1 Å². The van der Waals surface area contributed by atoms with Gasteiger partial charge in [0.15, 0.2) is 0 Å². The van der Waals surface area contributed by atoms with Crippen molar-refractivity contribution in [2.45, 2.75) is 88.8 Å². The van der Waals surface area contributed by atoms with Crippen molar-refractivity contribution in [3.63, 3.8) is 0 Å². The topological polar surface area (TPSA) is 85.3 Å². The molecule has 7 atom stereocenters. The average Bonchev–Trinajstić information content (AvgIpc) is 3.35. The van der Waals surface area contributed by atoms with Crippen molar-refractivity contribution in [2.24, 2.45) is 23.2 Å². The molecule has 7 nitrogen and oxygen atoms in total. The van der Waals surface area contributed by atoms with Gasteiger partial charge in [-0.1, -0.05) is 13.0 Å². The molecular formula is C33H46F5NO6S. The number of aliphatic hydroxyl groups is 1. The number of rotatable bonds is 12. The molecule has 5 rings (SSSR count). The smallest absolute Gasteiger partial charge is 0.410 e. The van der Waals surface area contributed by atoms with Gasteiger partial charge in [0.2, 0.25) is 0 Å². The van der Waals surface area contributed by atoms with E-state index >= 15 is 0 Å². The molecule has 13 heteroatoms. The third-order valence-electron chi connectivity index (χ3n) is 10.9. The number of nitrogens with zero attached hydrogens (tertiary/aromatic N) is 1. The van der Waals surface area contributed by atoms with Gasteiger partial charge in [-0.25, -0.2) is 4.79 Å². The van der Waals surface area contributed by atoms with E-state index in [1.54, 1.807) is 4.90 Å². The first-order valence-electron chi connectivity index (χ1n) is 16.5. The Morgan fingerprint density at radius 2 is 1.85 bits per heavy atom. The van der Waals surface area contributed by atoms with E-state index in [9.17, 15) is 36.1 Å². The predicted octanol–water partition coefficient (Wildman–Crippen LogP) is 6.48. The Kier molecular flexibility index (Phi) is 11.4. The van der Waals surface area contributed by atoms with E-state index in [-0.39, 0.29) is 35.5 Å². The molecule has 1 N–H and O–H groups in total. The number of ether oxygens (including phenoxy) is 3. The molecule has 1 aromatic carbocycles. The maximum Gasteiger partial charge on any atom is 0.453 e. The maximum atomic E-state index is 13.3. The lowest BCUT2D eigenvalue weighted by Crippen LogP contribution is -2.48. The lowest BCUT2D eigenvalue weighted by Gasteiger charge is -2.53. The summed E-state index contributed by atoms with van der Waals surface area (Å²) in [5.74, 6) is -2.96. The van der Waals surface area contributed by atoms with Crippen molar-refractivity contribution in [2.75, 3.05) is 51.0 Å². The van der Waals surface area contributed by atoms with E-state index in [4.69, 9.17) is 14.2 Å². The second kappa shape index (κ2) is 14.7. The summed E-state index contributed by atoms with van der Waals surface area (Å²) in [5, 5.41) is 9.39. The number of halogens is 5. The number of hydrogen-bond acceptors (Lipinski definition) is 6. The van der Waals surface area contributed by atoms with Crippen LogP contribution < -0.4 is 4.74 Å². The van der Waals surface area contributed by atoms with E-state index < -0.39 is 41.8 Å². The molecule has 2 saturated carbocycles. The predicted molar refractivity (Wildman–Crippen MR) is 163 cm³/mol. The van der Waals surface area contributed by atoms with Crippen molar-refractivity contribution >= 4 is 16.9 Å². The molecular weight excluding hydrogens is 633 g/mol. The number of carbonyl (C=O) groups excluding carboxylic acids is 1. The van der Waals surface area contributed by atoms with Gasteiger partial charge in [0, 0.05) is 41.8 Å². The molecule has 3 aliphatic carbocycles. The van der Waals surface area contributed by atoms with Gasteiger partial charge >= 0.3 is 18.2 Å². The minimum Gasteiger partial charge on any atom is -0.410 e. The van der Waals surface area contributed by atoms with Crippen molar-refractivity contribution in [1.82, 2.24) is 4.90 Å². The fraction of sp³-hybridized carbons (Fsp3) is 0.788. The second-order valence-corrected chi connectivity index (χ2v) is 15.3. The van der Waals surface area contributed by atoms with Gasteiger partial charge in [-0.2, -0.15) is 22.0 Å².